The fourth-order valence-electron chi connectivity index (χ4n) is 3.13. The maximum absolute atomic E-state index is 14.2. The molecule has 4 rings (SSSR count). The molecule has 0 saturated heterocycles. The van der Waals surface area contributed by atoms with Gasteiger partial charge in [-0.15, -0.1) is 0 Å². The summed E-state index contributed by atoms with van der Waals surface area (Å²) in [5.74, 6) is 0.474. The molecule has 9 heteroatoms. The molecule has 0 saturated carbocycles. The lowest BCUT2D eigenvalue weighted by molar-refractivity contribution is 0.476. The second-order valence-electron chi connectivity index (χ2n) is 6.45. The molecule has 0 bridgehead atoms. The van der Waals surface area contributed by atoms with Crippen molar-refractivity contribution in [2.75, 3.05) is 0 Å². The number of hydrogen-bond donors (Lipinski definition) is 0. The second-order valence-corrected chi connectivity index (χ2v) is 7.80. The van der Waals surface area contributed by atoms with E-state index in [4.69, 9.17) is 21.0 Å². The van der Waals surface area contributed by atoms with Gasteiger partial charge in [-0.25, -0.2) is 9.37 Å². The molecule has 0 aliphatic rings. The van der Waals surface area contributed by atoms with Crippen molar-refractivity contribution < 1.29 is 8.81 Å². The van der Waals surface area contributed by atoms with Crippen LogP contribution in [-0.4, -0.2) is 19.3 Å². The Morgan fingerprint density at radius 1 is 1.28 bits per heavy atom. The van der Waals surface area contributed by atoms with Crippen LogP contribution in [0.5, 0.6) is 0 Å². The molecule has 4 aromatic rings. The number of thioether (sulfide) groups is 1. The first-order valence-electron chi connectivity index (χ1n) is 9.05. The number of hydrogen-bond acceptors (Lipinski definition) is 5. The van der Waals surface area contributed by atoms with E-state index >= 15 is 0 Å². The monoisotopic (exact) mass is 432 g/mol. The van der Waals surface area contributed by atoms with E-state index in [-0.39, 0.29) is 23.7 Å². The van der Waals surface area contributed by atoms with Gasteiger partial charge in [-0.05, 0) is 38.1 Å². The molecule has 0 aliphatic heterocycles. The highest BCUT2D eigenvalue weighted by molar-refractivity contribution is 7.98. The Bertz CT molecular complexity index is 1210. The Morgan fingerprint density at radius 2 is 2.10 bits per heavy atom. The van der Waals surface area contributed by atoms with Crippen molar-refractivity contribution in [2.24, 2.45) is 0 Å². The van der Waals surface area contributed by atoms with Gasteiger partial charge < -0.3 is 4.42 Å². The van der Waals surface area contributed by atoms with Gasteiger partial charge in [-0.1, -0.05) is 29.4 Å². The first kappa shape index (κ1) is 19.7. The molecule has 3 aromatic heterocycles. The summed E-state index contributed by atoms with van der Waals surface area (Å²) in [4.78, 5) is 18.0. The number of aromatic nitrogens is 4. The zero-order valence-electron chi connectivity index (χ0n) is 15.9. The Labute approximate surface area is 175 Å². The van der Waals surface area contributed by atoms with Crippen molar-refractivity contribution in [3.05, 3.63) is 74.8 Å². The summed E-state index contributed by atoms with van der Waals surface area (Å²) in [6.07, 6.45) is 1.55. The maximum Gasteiger partial charge on any atom is 0.280 e. The predicted octanol–water partition coefficient (Wildman–Crippen LogP) is 4.65. The highest BCUT2D eigenvalue weighted by Gasteiger charge is 2.20. The summed E-state index contributed by atoms with van der Waals surface area (Å²) >= 11 is 7.41. The first-order chi connectivity index (χ1) is 14.0. The molecular weight excluding hydrogens is 415 g/mol. The molecule has 1 aromatic carbocycles. The van der Waals surface area contributed by atoms with E-state index in [2.05, 4.69) is 5.10 Å². The quantitative estimate of drug-likeness (QED) is 0.328. The summed E-state index contributed by atoms with van der Waals surface area (Å²) < 4.78 is 22.8. The Balaban J connectivity index is 1.82. The zero-order chi connectivity index (χ0) is 20.5. The topological polar surface area (TPSA) is 65.8 Å². The van der Waals surface area contributed by atoms with Crippen molar-refractivity contribution >= 4 is 34.4 Å². The van der Waals surface area contributed by atoms with Gasteiger partial charge in [0.15, 0.2) is 10.7 Å². The van der Waals surface area contributed by atoms with Crippen LogP contribution in [0, 0.1) is 12.7 Å². The molecule has 0 unspecified atom stereocenters. The third-order valence-electron chi connectivity index (χ3n) is 4.58. The number of aryl methyl sites for hydroxylation is 2. The van der Waals surface area contributed by atoms with Gasteiger partial charge in [0.2, 0.25) is 0 Å². The number of benzene rings is 1. The van der Waals surface area contributed by atoms with Crippen LogP contribution in [0.25, 0.3) is 11.0 Å². The normalized spacial score (nSPS) is 11.4. The van der Waals surface area contributed by atoms with E-state index in [1.165, 1.54) is 22.4 Å². The third kappa shape index (κ3) is 3.70. The maximum atomic E-state index is 14.2. The highest BCUT2D eigenvalue weighted by Crippen LogP contribution is 2.28. The van der Waals surface area contributed by atoms with Gasteiger partial charge in [0.1, 0.15) is 17.1 Å². The van der Waals surface area contributed by atoms with Crippen LogP contribution in [0.2, 0.25) is 5.02 Å². The largest absolute Gasteiger partial charge is 0.467 e. The molecule has 0 radical (unpaired) electrons. The van der Waals surface area contributed by atoms with Crippen molar-refractivity contribution in [1.29, 1.82) is 0 Å². The first-order valence-corrected chi connectivity index (χ1v) is 10.4. The Hall–Kier alpha value is -2.58. The molecule has 0 atom stereocenters. The van der Waals surface area contributed by atoms with Crippen molar-refractivity contribution in [1.82, 2.24) is 19.3 Å². The lowest BCUT2D eigenvalue weighted by Crippen LogP contribution is -2.25. The van der Waals surface area contributed by atoms with Crippen molar-refractivity contribution in [3.63, 3.8) is 0 Å². The van der Waals surface area contributed by atoms with Gasteiger partial charge in [-0.2, -0.15) is 5.10 Å². The Kier molecular flexibility index (Phi) is 5.47. The summed E-state index contributed by atoms with van der Waals surface area (Å²) in [5, 5.41) is 5.22. The average molecular weight is 433 g/mol. The third-order valence-corrected chi connectivity index (χ3v) is 5.94. The number of halogens is 2. The molecule has 150 valence electrons. The minimum atomic E-state index is -0.388. The van der Waals surface area contributed by atoms with Gasteiger partial charge in [0, 0.05) is 22.9 Å². The van der Waals surface area contributed by atoms with Crippen molar-refractivity contribution in [3.8, 4) is 0 Å². The van der Waals surface area contributed by atoms with Crippen LogP contribution in [0.4, 0.5) is 4.39 Å². The zero-order valence-corrected chi connectivity index (χ0v) is 17.4. The van der Waals surface area contributed by atoms with Crippen molar-refractivity contribution in [2.45, 2.75) is 37.8 Å². The molecule has 0 amide bonds. The molecule has 0 spiro atoms. The molecular formula is C20H18ClFN4O2S. The van der Waals surface area contributed by atoms with Crippen LogP contribution < -0.4 is 5.56 Å². The van der Waals surface area contributed by atoms with Crippen LogP contribution >= 0.6 is 23.4 Å². The molecule has 3 heterocycles. The summed E-state index contributed by atoms with van der Waals surface area (Å²) in [7, 11) is 0. The molecule has 0 N–H and O–H groups in total. The fraction of sp³-hybridized carbons (Fsp3) is 0.250. The standard InChI is InChI=1S/C20H18ClFN4O2S/c1-3-26-18-17(12(2)24-26)23-20(25(19(18)27)10-13-6-5-9-28-13)29-11-14-15(21)7-4-8-16(14)22/h4-9H,3,10-11H2,1-2H3. The van der Waals surface area contributed by atoms with Gasteiger partial charge >= 0.3 is 0 Å². The molecule has 6 nitrogen and oxygen atoms in total. The molecule has 0 aliphatic carbocycles. The van der Waals surface area contributed by atoms with E-state index in [1.807, 2.05) is 13.8 Å². The van der Waals surface area contributed by atoms with E-state index in [1.54, 1.807) is 35.2 Å². The minimum Gasteiger partial charge on any atom is -0.467 e. The lowest BCUT2D eigenvalue weighted by atomic mass is 10.2. The predicted molar refractivity (Wildman–Crippen MR) is 111 cm³/mol. The highest BCUT2D eigenvalue weighted by atomic mass is 35.5. The van der Waals surface area contributed by atoms with E-state index < -0.39 is 0 Å². The fourth-order valence-corrected chi connectivity index (χ4v) is 4.47. The summed E-state index contributed by atoms with van der Waals surface area (Å²) in [6, 6.07) is 8.12. The van der Waals surface area contributed by atoms with Crippen LogP contribution in [0.1, 0.15) is 23.9 Å². The number of nitrogens with zero attached hydrogens (tertiary/aromatic N) is 4. The van der Waals surface area contributed by atoms with Crippen LogP contribution in [0.3, 0.4) is 0 Å². The minimum absolute atomic E-state index is 0.212. The smallest absolute Gasteiger partial charge is 0.280 e. The molecule has 0 fully saturated rings. The molecule has 29 heavy (non-hydrogen) atoms. The second kappa shape index (κ2) is 8.04. The SMILES string of the molecule is CCn1nc(C)c2nc(SCc3c(F)cccc3Cl)n(Cc3ccco3)c(=O)c21. The van der Waals surface area contributed by atoms with Crippen LogP contribution in [-0.2, 0) is 18.8 Å². The summed E-state index contributed by atoms with van der Waals surface area (Å²) in [5.41, 5.74) is 1.84. The van der Waals surface area contributed by atoms with E-state index in [0.717, 1.165) is 0 Å². The van der Waals surface area contributed by atoms with Gasteiger partial charge in [-0.3, -0.25) is 14.0 Å². The average Bonchev–Trinajstić information content (AvgIpc) is 3.32. The number of fused-ring (bicyclic) bond motifs is 1. The lowest BCUT2D eigenvalue weighted by Gasteiger charge is -2.12. The Morgan fingerprint density at radius 3 is 2.79 bits per heavy atom. The van der Waals surface area contributed by atoms with Crippen LogP contribution in [0.15, 0.2) is 51.0 Å². The van der Waals surface area contributed by atoms with E-state index in [0.29, 0.717) is 44.8 Å². The van der Waals surface area contributed by atoms with E-state index in [9.17, 15) is 9.18 Å². The van der Waals surface area contributed by atoms with Gasteiger partial charge in [0.05, 0.1) is 18.5 Å². The van der Waals surface area contributed by atoms with Gasteiger partial charge in [0.25, 0.3) is 5.56 Å². The summed E-state index contributed by atoms with van der Waals surface area (Å²) in [6.45, 7) is 4.51. The number of rotatable bonds is 6. The number of furan rings is 1.